The van der Waals surface area contributed by atoms with Crippen molar-refractivity contribution in [3.8, 4) is 33.4 Å². The summed E-state index contributed by atoms with van der Waals surface area (Å²) in [4.78, 5) is 8.38. The Kier molecular flexibility index (Phi) is 8.78. The maximum atomic E-state index is 2.88. The van der Waals surface area contributed by atoms with E-state index < -0.39 is 0 Å². The minimum absolute atomic E-state index is 0.0288. The van der Waals surface area contributed by atoms with Gasteiger partial charge in [-0.3, -0.25) is 0 Å². The molecule has 0 spiro atoms. The first kappa shape index (κ1) is 42.2. The molecule has 1 fully saturated rings. The van der Waals surface area contributed by atoms with Gasteiger partial charge in [0, 0.05) is 50.6 Å². The standard InChI is InChI=1S/C68H58BN3/c1-65-37-16-17-38-67(65,3)71(59-35-33-50(41-56(59)65)46-22-10-6-11-23-46)53-43-61-63-62(44-53)72-64-55(66(2)39-36-48-26-14-15-29-54(48)68(66,72)4)30-19-31-58(64)69(63)57-34-32-51(47-24-12-7-13-25-47)42-60(57)70(61)52-28-18-27-49(40-52)45-20-8-5-9-21-45/h5-15,18-35,40-44H,16-17,36-39H2,1-4H3. The van der Waals surface area contributed by atoms with Crippen LogP contribution in [0.15, 0.2) is 206 Å². The molecule has 4 unspecified atom stereocenters. The van der Waals surface area contributed by atoms with Crippen LogP contribution < -0.4 is 31.1 Å². The first-order valence-electron chi connectivity index (χ1n) is 26.5. The van der Waals surface area contributed by atoms with E-state index in [2.05, 4.69) is 249 Å². The number of rotatable bonds is 5. The Bertz CT molecular complexity index is 3700. The fourth-order valence-electron chi connectivity index (χ4n) is 15.5. The van der Waals surface area contributed by atoms with Crippen molar-refractivity contribution in [2.75, 3.05) is 14.7 Å². The molecule has 4 aliphatic heterocycles. The lowest BCUT2D eigenvalue weighted by Crippen LogP contribution is -2.64. The molecule has 0 amide bonds. The Hall–Kier alpha value is -7.56. The molecule has 2 aliphatic carbocycles. The highest BCUT2D eigenvalue weighted by Gasteiger charge is 2.64. The summed E-state index contributed by atoms with van der Waals surface area (Å²) in [5.74, 6) is 0. The van der Waals surface area contributed by atoms with Crippen molar-refractivity contribution in [3.05, 3.63) is 229 Å². The molecule has 0 aromatic heterocycles. The van der Waals surface area contributed by atoms with E-state index in [1.165, 1.54) is 125 Å². The SMILES string of the molecule is CC12CCCCC1(C)N(c1cc3c4c(c1)N1c5c(cccc5C5(C)CCc6ccccc6C15C)B4c1ccc(-c4ccccc4)cc1N3c1cccc(-c3ccccc3)c1)c1ccc(-c3ccccc3)cc12. The van der Waals surface area contributed by atoms with Crippen molar-refractivity contribution in [1.29, 1.82) is 0 Å². The summed E-state index contributed by atoms with van der Waals surface area (Å²) in [6.07, 6.45) is 6.91. The maximum absolute atomic E-state index is 2.88. The highest BCUT2D eigenvalue weighted by molar-refractivity contribution is 7.00. The van der Waals surface area contributed by atoms with E-state index in [9.17, 15) is 0 Å². The van der Waals surface area contributed by atoms with Crippen LogP contribution in [0.2, 0.25) is 0 Å². The molecule has 0 radical (unpaired) electrons. The van der Waals surface area contributed by atoms with Gasteiger partial charge in [-0.1, -0.05) is 190 Å². The monoisotopic (exact) mass is 927 g/mol. The second-order valence-electron chi connectivity index (χ2n) is 22.6. The Balaban J connectivity index is 1.06. The van der Waals surface area contributed by atoms with Gasteiger partial charge >= 0.3 is 0 Å². The van der Waals surface area contributed by atoms with Crippen LogP contribution in [0.4, 0.5) is 39.8 Å². The summed E-state index contributed by atoms with van der Waals surface area (Å²) in [6, 6.07) is 79.1. The molecule has 1 saturated carbocycles. The van der Waals surface area contributed by atoms with Crippen molar-refractivity contribution in [2.24, 2.45) is 0 Å². The van der Waals surface area contributed by atoms with E-state index in [4.69, 9.17) is 0 Å². The van der Waals surface area contributed by atoms with Crippen LogP contribution in [0.3, 0.4) is 0 Å². The Morgan fingerprint density at radius 1 is 0.389 bits per heavy atom. The second kappa shape index (κ2) is 15.0. The van der Waals surface area contributed by atoms with Gasteiger partial charge in [0.05, 0.1) is 11.1 Å². The number of anilines is 7. The van der Waals surface area contributed by atoms with Gasteiger partial charge in [0.1, 0.15) is 0 Å². The van der Waals surface area contributed by atoms with E-state index in [1.807, 2.05) is 0 Å². The molecule has 0 N–H and O–H groups in total. The predicted molar refractivity (Wildman–Crippen MR) is 303 cm³/mol. The molecule has 4 heteroatoms. The summed E-state index contributed by atoms with van der Waals surface area (Å²) in [7, 11) is 0. The summed E-state index contributed by atoms with van der Waals surface area (Å²) in [5, 5.41) is 0. The molecule has 3 nitrogen and oxygen atoms in total. The highest BCUT2D eigenvalue weighted by atomic mass is 15.3. The number of hydrogen-bond acceptors (Lipinski definition) is 3. The molecular weight excluding hydrogens is 870 g/mol. The van der Waals surface area contributed by atoms with Crippen molar-refractivity contribution < 1.29 is 0 Å². The minimum atomic E-state index is -0.343. The van der Waals surface area contributed by atoms with Crippen LogP contribution in [-0.2, 0) is 22.8 Å². The Morgan fingerprint density at radius 3 is 1.75 bits per heavy atom. The highest BCUT2D eigenvalue weighted by Crippen LogP contribution is 2.66. The quantitative estimate of drug-likeness (QED) is 0.159. The third-order valence-corrected chi connectivity index (χ3v) is 19.4. The van der Waals surface area contributed by atoms with Crippen LogP contribution in [0, 0.1) is 0 Å². The lowest BCUT2D eigenvalue weighted by Gasteiger charge is -2.54. The van der Waals surface area contributed by atoms with E-state index in [0.717, 1.165) is 25.7 Å². The lowest BCUT2D eigenvalue weighted by molar-refractivity contribution is 0.195. The number of nitrogens with zero attached hydrogens (tertiary/aromatic N) is 3. The number of aryl methyl sites for hydroxylation is 1. The number of benzene rings is 9. The molecule has 9 aromatic carbocycles. The maximum Gasteiger partial charge on any atom is 0.252 e. The molecule has 0 saturated heterocycles. The fourth-order valence-corrected chi connectivity index (χ4v) is 15.5. The molecule has 4 heterocycles. The van der Waals surface area contributed by atoms with E-state index >= 15 is 0 Å². The normalized spacial score (nSPS) is 23.6. The zero-order valence-corrected chi connectivity index (χ0v) is 41.8. The van der Waals surface area contributed by atoms with E-state index in [1.54, 1.807) is 0 Å². The van der Waals surface area contributed by atoms with Crippen molar-refractivity contribution in [3.63, 3.8) is 0 Å². The van der Waals surface area contributed by atoms with Gasteiger partial charge < -0.3 is 14.7 Å². The fraction of sp³-hybridized carbons (Fsp3) is 0.206. The molecule has 15 rings (SSSR count). The van der Waals surface area contributed by atoms with Crippen molar-refractivity contribution in [2.45, 2.75) is 88.1 Å². The van der Waals surface area contributed by atoms with E-state index in [0.29, 0.717) is 0 Å². The third-order valence-electron chi connectivity index (χ3n) is 19.4. The number of hydrogen-bond donors (Lipinski definition) is 0. The molecule has 6 aliphatic rings. The Labute approximate surface area is 425 Å². The van der Waals surface area contributed by atoms with Gasteiger partial charge in [-0.05, 0) is 154 Å². The van der Waals surface area contributed by atoms with Crippen molar-refractivity contribution >= 4 is 62.9 Å². The van der Waals surface area contributed by atoms with Crippen molar-refractivity contribution in [1.82, 2.24) is 0 Å². The van der Waals surface area contributed by atoms with Gasteiger partial charge in [0.25, 0.3) is 6.71 Å². The second-order valence-corrected chi connectivity index (χ2v) is 22.6. The van der Waals surface area contributed by atoms with Gasteiger partial charge in [-0.25, -0.2) is 0 Å². The van der Waals surface area contributed by atoms with Crippen LogP contribution in [0.25, 0.3) is 33.4 Å². The molecule has 4 atom stereocenters. The lowest BCUT2D eigenvalue weighted by atomic mass is 9.33. The molecule has 348 valence electrons. The smallest absolute Gasteiger partial charge is 0.252 e. The van der Waals surface area contributed by atoms with Crippen LogP contribution in [-0.4, -0.2) is 12.3 Å². The van der Waals surface area contributed by atoms with Crippen LogP contribution in [0.1, 0.15) is 82.1 Å². The van der Waals surface area contributed by atoms with Crippen LogP contribution >= 0.6 is 0 Å². The molecular formula is C68H58BN3. The summed E-state index contributed by atoms with van der Waals surface area (Å²) in [5.41, 5.74) is 25.9. The Morgan fingerprint density at radius 2 is 1.00 bits per heavy atom. The molecule has 72 heavy (non-hydrogen) atoms. The zero-order valence-electron chi connectivity index (χ0n) is 41.8. The average molecular weight is 928 g/mol. The molecule has 9 aromatic rings. The summed E-state index contributed by atoms with van der Waals surface area (Å²) in [6.45, 7) is 10.4. The van der Waals surface area contributed by atoms with Gasteiger partial charge in [0.15, 0.2) is 0 Å². The zero-order chi connectivity index (χ0) is 48.1. The molecule has 0 bridgehead atoms. The third kappa shape index (κ3) is 5.43. The number of fused-ring (bicyclic) bond motifs is 12. The van der Waals surface area contributed by atoms with Gasteiger partial charge in [-0.15, -0.1) is 0 Å². The van der Waals surface area contributed by atoms with Crippen LogP contribution in [0.5, 0.6) is 0 Å². The first-order chi connectivity index (χ1) is 35.2. The minimum Gasteiger partial charge on any atom is -0.334 e. The predicted octanol–water partition coefficient (Wildman–Crippen LogP) is 15.3. The van der Waals surface area contributed by atoms with Gasteiger partial charge in [0.2, 0.25) is 0 Å². The largest absolute Gasteiger partial charge is 0.334 e. The topological polar surface area (TPSA) is 9.72 Å². The van der Waals surface area contributed by atoms with E-state index in [-0.39, 0.29) is 28.6 Å². The van der Waals surface area contributed by atoms with Gasteiger partial charge in [-0.2, -0.15) is 0 Å². The first-order valence-corrected chi connectivity index (χ1v) is 26.5. The summed E-state index contributed by atoms with van der Waals surface area (Å²) >= 11 is 0. The average Bonchev–Trinajstić information content (AvgIpc) is 3.78. The number of para-hydroxylation sites is 1. The summed E-state index contributed by atoms with van der Waals surface area (Å²) < 4.78 is 0.